The predicted molar refractivity (Wildman–Crippen MR) is 124 cm³/mol. The third kappa shape index (κ3) is 5.78. The molecule has 2 aliphatic heterocycles. The molecule has 2 aliphatic rings. The summed E-state index contributed by atoms with van der Waals surface area (Å²) in [5.74, 6) is 2.29. The number of para-hydroxylation sites is 1. The SMILES string of the molecule is CCCCCCCC(=O)OC[N+]1(C)C[C@@H]2c3ccccc3Oc3ccc(Cl)cc3[C@H]2C1.[I-]. The van der Waals surface area contributed by atoms with Crippen LogP contribution in [0, 0.1) is 0 Å². The Labute approximate surface area is 213 Å². The van der Waals surface area contributed by atoms with Crippen molar-refractivity contribution in [2.45, 2.75) is 57.3 Å². The van der Waals surface area contributed by atoms with Gasteiger partial charge in [-0.25, -0.2) is 0 Å². The van der Waals surface area contributed by atoms with Gasteiger partial charge >= 0.3 is 5.97 Å². The van der Waals surface area contributed by atoms with E-state index in [2.05, 4.69) is 26.1 Å². The van der Waals surface area contributed by atoms with Crippen LogP contribution in [0.3, 0.4) is 0 Å². The van der Waals surface area contributed by atoms with Crippen molar-refractivity contribution in [3.8, 4) is 11.5 Å². The summed E-state index contributed by atoms with van der Waals surface area (Å²) in [5, 5.41) is 0.725. The molecule has 0 radical (unpaired) electrons. The Hall–Kier alpha value is -1.31. The molecule has 32 heavy (non-hydrogen) atoms. The maximum absolute atomic E-state index is 12.3. The number of esters is 1. The van der Waals surface area contributed by atoms with Crippen LogP contribution >= 0.6 is 11.6 Å². The molecule has 0 spiro atoms. The molecule has 4 rings (SSSR count). The lowest BCUT2D eigenvalue weighted by Crippen LogP contribution is -3.00. The van der Waals surface area contributed by atoms with Crippen LogP contribution in [-0.4, -0.2) is 37.3 Å². The van der Waals surface area contributed by atoms with Crippen molar-refractivity contribution in [3.63, 3.8) is 0 Å². The number of likely N-dealkylation sites (N-methyl/N-ethyl adjacent to an activating group) is 1. The smallest absolute Gasteiger partial charge is 0.310 e. The normalized spacial score (nSPS) is 23.1. The number of hydrogen-bond donors (Lipinski definition) is 0. The fraction of sp³-hybridized carbons (Fsp3) is 0.500. The number of likely N-dealkylation sites (tertiary alicyclic amines) is 1. The summed E-state index contributed by atoms with van der Waals surface area (Å²) in [6.45, 7) is 4.41. The standard InChI is InChI=1S/C26H33ClNO3.HI/c1-3-4-5-6-7-12-26(29)30-18-28(2)16-22-20-10-8-9-11-24(20)31-25-14-13-19(27)15-21(25)23(22)17-28;/h8-11,13-15,22-23H,3-7,12,16-18H2,1-2H3;1H/q+1;/p-1/t22-,23-,28?;/m1./s1. The monoisotopic (exact) mass is 569 g/mol. The Balaban J connectivity index is 0.00000289. The number of carbonyl (C=O) groups excluding carboxylic acids is 1. The van der Waals surface area contributed by atoms with Crippen LogP contribution < -0.4 is 28.7 Å². The van der Waals surface area contributed by atoms with Crippen LogP contribution in [0.1, 0.15) is 68.4 Å². The van der Waals surface area contributed by atoms with E-state index in [-0.39, 0.29) is 35.9 Å². The molecule has 2 heterocycles. The molecule has 0 saturated carbocycles. The summed E-state index contributed by atoms with van der Waals surface area (Å²) in [5.41, 5.74) is 2.38. The van der Waals surface area contributed by atoms with Gasteiger partial charge in [-0.1, -0.05) is 62.4 Å². The minimum absolute atomic E-state index is 0. The van der Waals surface area contributed by atoms with Gasteiger partial charge in [0.25, 0.3) is 0 Å². The summed E-state index contributed by atoms with van der Waals surface area (Å²) >= 11 is 6.36. The third-order valence-electron chi connectivity index (χ3n) is 6.69. The Bertz CT molecular complexity index is 937. The minimum atomic E-state index is -0.0740. The summed E-state index contributed by atoms with van der Waals surface area (Å²) in [6, 6.07) is 14.2. The highest BCUT2D eigenvalue weighted by Crippen LogP contribution is 2.51. The van der Waals surface area contributed by atoms with Crippen molar-refractivity contribution >= 4 is 17.6 Å². The van der Waals surface area contributed by atoms with E-state index in [9.17, 15) is 4.79 Å². The summed E-state index contributed by atoms with van der Waals surface area (Å²) in [6.07, 6.45) is 6.20. The topological polar surface area (TPSA) is 35.5 Å². The second-order valence-electron chi connectivity index (χ2n) is 9.33. The largest absolute Gasteiger partial charge is 1.00 e. The van der Waals surface area contributed by atoms with Crippen molar-refractivity contribution in [1.29, 1.82) is 0 Å². The Morgan fingerprint density at radius 2 is 1.72 bits per heavy atom. The second kappa shape index (κ2) is 11.2. The number of nitrogens with zero attached hydrogens (tertiary/aromatic N) is 1. The average molecular weight is 570 g/mol. The number of benzene rings is 2. The van der Waals surface area contributed by atoms with Gasteiger partial charge in [-0.3, -0.25) is 9.28 Å². The highest BCUT2D eigenvalue weighted by atomic mass is 127. The van der Waals surface area contributed by atoms with Gasteiger partial charge in [0.15, 0.2) is 0 Å². The van der Waals surface area contributed by atoms with E-state index in [4.69, 9.17) is 21.1 Å². The van der Waals surface area contributed by atoms with Gasteiger partial charge in [0.1, 0.15) is 11.5 Å². The molecule has 3 atom stereocenters. The number of carbonyl (C=O) groups is 1. The second-order valence-corrected chi connectivity index (χ2v) is 9.77. The van der Waals surface area contributed by atoms with E-state index in [1.54, 1.807) is 0 Å². The fourth-order valence-electron chi connectivity index (χ4n) is 5.09. The van der Waals surface area contributed by atoms with Gasteiger partial charge in [0.05, 0.1) is 20.1 Å². The zero-order valence-electron chi connectivity index (χ0n) is 19.0. The molecular formula is C26H33ClINO3. The minimum Gasteiger partial charge on any atom is -1.00 e. The molecule has 2 aromatic rings. The zero-order valence-corrected chi connectivity index (χ0v) is 21.9. The molecule has 1 saturated heterocycles. The number of rotatable bonds is 8. The highest BCUT2D eigenvalue weighted by molar-refractivity contribution is 6.30. The first kappa shape index (κ1) is 25.3. The number of unbranched alkanes of at least 4 members (excludes halogenated alkanes) is 4. The van der Waals surface area contributed by atoms with Gasteiger partial charge in [-0.15, -0.1) is 0 Å². The number of halogens is 2. The number of quaternary nitrogens is 1. The maximum Gasteiger partial charge on any atom is 0.310 e. The van der Waals surface area contributed by atoms with Crippen LogP contribution in [0.5, 0.6) is 11.5 Å². The van der Waals surface area contributed by atoms with Gasteiger partial charge in [0.2, 0.25) is 6.73 Å². The first-order valence-corrected chi connectivity index (χ1v) is 11.9. The number of fused-ring (bicyclic) bond motifs is 5. The molecule has 0 aliphatic carbocycles. The zero-order chi connectivity index (χ0) is 21.8. The van der Waals surface area contributed by atoms with Crippen LogP contribution in [0.15, 0.2) is 42.5 Å². The van der Waals surface area contributed by atoms with Crippen molar-refractivity contribution in [1.82, 2.24) is 0 Å². The molecule has 0 aromatic heterocycles. The van der Waals surface area contributed by atoms with Crippen molar-refractivity contribution < 1.29 is 42.7 Å². The van der Waals surface area contributed by atoms with E-state index in [0.29, 0.717) is 23.6 Å². The van der Waals surface area contributed by atoms with Gasteiger partial charge in [0, 0.05) is 34.4 Å². The molecule has 4 nitrogen and oxygen atoms in total. The van der Waals surface area contributed by atoms with E-state index in [1.807, 2.05) is 30.3 Å². The van der Waals surface area contributed by atoms with Crippen LogP contribution in [0.4, 0.5) is 0 Å². The van der Waals surface area contributed by atoms with Crippen LogP contribution in [0.25, 0.3) is 0 Å². The van der Waals surface area contributed by atoms with E-state index in [0.717, 1.165) is 48.0 Å². The fourth-order valence-corrected chi connectivity index (χ4v) is 5.27. The molecule has 2 aromatic carbocycles. The lowest BCUT2D eigenvalue weighted by molar-refractivity contribution is -0.915. The van der Waals surface area contributed by atoms with E-state index < -0.39 is 0 Å². The molecule has 0 amide bonds. The molecule has 0 N–H and O–H groups in total. The first-order valence-electron chi connectivity index (χ1n) is 11.5. The molecule has 1 unspecified atom stereocenters. The Kier molecular flexibility index (Phi) is 8.87. The van der Waals surface area contributed by atoms with Crippen molar-refractivity contribution in [3.05, 3.63) is 58.6 Å². The maximum atomic E-state index is 12.3. The van der Waals surface area contributed by atoms with Gasteiger partial charge < -0.3 is 33.5 Å². The number of ether oxygens (including phenoxy) is 2. The lowest BCUT2D eigenvalue weighted by Gasteiger charge is -2.29. The molecule has 1 fully saturated rings. The quantitative estimate of drug-likeness (QED) is 0.211. The Morgan fingerprint density at radius 1 is 1.03 bits per heavy atom. The summed E-state index contributed by atoms with van der Waals surface area (Å²) in [4.78, 5) is 12.3. The lowest BCUT2D eigenvalue weighted by atomic mass is 9.84. The van der Waals surface area contributed by atoms with Gasteiger partial charge in [-0.2, -0.15) is 0 Å². The average Bonchev–Trinajstić information content (AvgIpc) is 3.06. The van der Waals surface area contributed by atoms with Crippen molar-refractivity contribution in [2.75, 3.05) is 26.9 Å². The molecule has 174 valence electrons. The third-order valence-corrected chi connectivity index (χ3v) is 6.93. The first-order chi connectivity index (χ1) is 15.0. The summed E-state index contributed by atoms with van der Waals surface area (Å²) in [7, 11) is 2.19. The van der Waals surface area contributed by atoms with Crippen LogP contribution in [0.2, 0.25) is 5.02 Å². The highest BCUT2D eigenvalue weighted by Gasteiger charge is 2.48. The van der Waals surface area contributed by atoms with Crippen molar-refractivity contribution in [2.24, 2.45) is 0 Å². The predicted octanol–water partition coefficient (Wildman–Crippen LogP) is 3.64. The summed E-state index contributed by atoms with van der Waals surface area (Å²) < 4.78 is 12.7. The molecule has 0 bridgehead atoms. The Morgan fingerprint density at radius 3 is 2.50 bits per heavy atom. The number of hydrogen-bond acceptors (Lipinski definition) is 3. The van der Waals surface area contributed by atoms with Crippen LogP contribution in [-0.2, 0) is 9.53 Å². The van der Waals surface area contributed by atoms with E-state index in [1.165, 1.54) is 24.8 Å². The van der Waals surface area contributed by atoms with Gasteiger partial charge in [-0.05, 0) is 30.7 Å². The van der Waals surface area contributed by atoms with E-state index >= 15 is 0 Å². The molecule has 6 heteroatoms. The molecular weight excluding hydrogens is 537 g/mol.